The summed E-state index contributed by atoms with van der Waals surface area (Å²) in [6, 6.07) is 7.14. The van der Waals surface area contributed by atoms with Crippen molar-refractivity contribution in [3.63, 3.8) is 0 Å². The molecule has 0 radical (unpaired) electrons. The van der Waals surface area contributed by atoms with E-state index in [2.05, 4.69) is 10.3 Å². The largest absolute Gasteiger partial charge is 0.483 e. The molecule has 0 bridgehead atoms. The third-order valence-electron chi connectivity index (χ3n) is 4.00. The molecular formula is C17H20N4O3. The molecule has 7 heteroatoms. The van der Waals surface area contributed by atoms with E-state index in [0.29, 0.717) is 24.4 Å². The molecule has 2 aromatic rings. The number of carbonyl (C=O) groups excluding carboxylic acids is 2. The van der Waals surface area contributed by atoms with Gasteiger partial charge in [0.25, 0.3) is 11.8 Å². The van der Waals surface area contributed by atoms with Gasteiger partial charge in [-0.25, -0.2) is 4.98 Å². The SMILES string of the molecule is Cc1ccc2c(OCC(=O)N3CCNCC3)cc(C(N)=O)nc2c1. The molecule has 1 aliphatic heterocycles. The van der Waals surface area contributed by atoms with Crippen molar-refractivity contribution in [2.75, 3.05) is 32.8 Å². The summed E-state index contributed by atoms with van der Waals surface area (Å²) in [6.07, 6.45) is 0. The van der Waals surface area contributed by atoms with Crippen LogP contribution in [-0.4, -0.2) is 54.5 Å². The van der Waals surface area contributed by atoms with Crippen molar-refractivity contribution in [1.29, 1.82) is 0 Å². The summed E-state index contributed by atoms with van der Waals surface area (Å²) in [6.45, 7) is 4.78. The summed E-state index contributed by atoms with van der Waals surface area (Å²) in [7, 11) is 0. The first kappa shape index (κ1) is 16.2. The summed E-state index contributed by atoms with van der Waals surface area (Å²) >= 11 is 0. The van der Waals surface area contributed by atoms with Gasteiger partial charge in [0.05, 0.1) is 5.52 Å². The Balaban J connectivity index is 1.84. The van der Waals surface area contributed by atoms with E-state index in [-0.39, 0.29) is 18.2 Å². The first-order chi connectivity index (χ1) is 11.5. The number of primary amides is 1. The van der Waals surface area contributed by atoms with Crippen LogP contribution in [0, 0.1) is 6.92 Å². The van der Waals surface area contributed by atoms with Crippen LogP contribution in [0.5, 0.6) is 5.75 Å². The number of nitrogens with one attached hydrogen (secondary N) is 1. The Morgan fingerprint density at radius 3 is 2.75 bits per heavy atom. The fourth-order valence-corrected chi connectivity index (χ4v) is 2.70. The molecule has 0 atom stereocenters. The van der Waals surface area contributed by atoms with Gasteiger partial charge >= 0.3 is 0 Å². The predicted octanol–water partition coefficient (Wildman–Crippen LogP) is 0.453. The van der Waals surface area contributed by atoms with Crippen LogP contribution in [0.3, 0.4) is 0 Å². The van der Waals surface area contributed by atoms with Crippen molar-refractivity contribution in [2.24, 2.45) is 5.73 Å². The third-order valence-corrected chi connectivity index (χ3v) is 4.00. The van der Waals surface area contributed by atoms with E-state index in [1.54, 1.807) is 4.90 Å². The van der Waals surface area contributed by atoms with E-state index in [1.807, 2.05) is 25.1 Å². The van der Waals surface area contributed by atoms with Crippen molar-refractivity contribution in [2.45, 2.75) is 6.92 Å². The van der Waals surface area contributed by atoms with E-state index in [4.69, 9.17) is 10.5 Å². The number of aromatic nitrogens is 1. The van der Waals surface area contributed by atoms with Crippen molar-refractivity contribution in [3.05, 3.63) is 35.5 Å². The molecule has 1 aromatic carbocycles. The number of benzene rings is 1. The summed E-state index contributed by atoms with van der Waals surface area (Å²) in [5.74, 6) is -0.261. The zero-order valence-electron chi connectivity index (χ0n) is 13.5. The average Bonchev–Trinajstić information content (AvgIpc) is 2.59. The summed E-state index contributed by atoms with van der Waals surface area (Å²) in [5.41, 5.74) is 7.10. The number of nitrogens with zero attached hydrogens (tertiary/aromatic N) is 2. The maximum absolute atomic E-state index is 12.2. The van der Waals surface area contributed by atoms with Gasteiger partial charge in [0.2, 0.25) is 0 Å². The molecule has 2 heterocycles. The lowest BCUT2D eigenvalue weighted by Gasteiger charge is -2.27. The maximum atomic E-state index is 12.2. The van der Waals surface area contributed by atoms with Crippen molar-refractivity contribution in [1.82, 2.24) is 15.2 Å². The van der Waals surface area contributed by atoms with Crippen LogP contribution in [0.4, 0.5) is 0 Å². The minimum absolute atomic E-state index is 0.0748. The highest BCUT2D eigenvalue weighted by molar-refractivity contribution is 5.96. The molecule has 3 rings (SSSR count). The highest BCUT2D eigenvalue weighted by Gasteiger charge is 2.18. The molecule has 2 amide bonds. The number of aryl methyl sites for hydroxylation is 1. The second kappa shape index (κ2) is 6.84. The highest BCUT2D eigenvalue weighted by atomic mass is 16.5. The van der Waals surface area contributed by atoms with E-state index < -0.39 is 5.91 Å². The number of amides is 2. The predicted molar refractivity (Wildman–Crippen MR) is 89.9 cm³/mol. The third kappa shape index (κ3) is 3.46. The lowest BCUT2D eigenvalue weighted by molar-refractivity contribution is -0.133. The standard InChI is InChI=1S/C17H20N4O3/c1-11-2-3-12-13(8-11)20-14(17(18)23)9-15(12)24-10-16(22)21-6-4-19-5-7-21/h2-3,8-9,19H,4-7,10H2,1H3,(H2,18,23). The molecule has 7 nitrogen and oxygen atoms in total. The van der Waals surface area contributed by atoms with Crippen LogP contribution < -0.4 is 15.8 Å². The zero-order valence-corrected chi connectivity index (χ0v) is 13.5. The van der Waals surface area contributed by atoms with Gasteiger partial charge in [0.1, 0.15) is 11.4 Å². The van der Waals surface area contributed by atoms with E-state index in [9.17, 15) is 9.59 Å². The van der Waals surface area contributed by atoms with Crippen molar-refractivity contribution >= 4 is 22.7 Å². The normalized spacial score (nSPS) is 14.6. The molecule has 0 spiro atoms. The number of carbonyl (C=O) groups is 2. The van der Waals surface area contributed by atoms with Crippen molar-refractivity contribution in [3.8, 4) is 5.75 Å². The molecular weight excluding hydrogens is 308 g/mol. The topological polar surface area (TPSA) is 97.5 Å². The fraction of sp³-hybridized carbons (Fsp3) is 0.353. The number of nitrogens with two attached hydrogens (primary N) is 1. The van der Waals surface area contributed by atoms with Gasteiger partial charge in [-0.3, -0.25) is 9.59 Å². The second-order valence-electron chi connectivity index (χ2n) is 5.81. The van der Waals surface area contributed by atoms with Gasteiger partial charge in [-0.2, -0.15) is 0 Å². The van der Waals surface area contributed by atoms with Crippen LogP contribution in [0.15, 0.2) is 24.3 Å². The number of hydrogen-bond acceptors (Lipinski definition) is 5. The van der Waals surface area contributed by atoms with E-state index >= 15 is 0 Å². The maximum Gasteiger partial charge on any atom is 0.267 e. The summed E-state index contributed by atoms with van der Waals surface area (Å²) in [4.78, 5) is 29.8. The van der Waals surface area contributed by atoms with Gasteiger partial charge in [0.15, 0.2) is 6.61 Å². The molecule has 0 aliphatic carbocycles. The Hall–Kier alpha value is -2.67. The van der Waals surface area contributed by atoms with E-state index in [0.717, 1.165) is 24.0 Å². The second-order valence-corrected chi connectivity index (χ2v) is 5.81. The Bertz CT molecular complexity index is 785. The average molecular weight is 328 g/mol. The van der Waals surface area contributed by atoms with Gasteiger partial charge in [0, 0.05) is 37.6 Å². The van der Waals surface area contributed by atoms with Crippen LogP contribution in [0.25, 0.3) is 10.9 Å². The molecule has 1 aromatic heterocycles. The number of fused-ring (bicyclic) bond motifs is 1. The molecule has 0 saturated carbocycles. The minimum Gasteiger partial charge on any atom is -0.483 e. The molecule has 24 heavy (non-hydrogen) atoms. The Morgan fingerprint density at radius 1 is 1.29 bits per heavy atom. The lowest BCUT2D eigenvalue weighted by Crippen LogP contribution is -2.47. The van der Waals surface area contributed by atoms with Gasteiger partial charge in [-0.1, -0.05) is 6.07 Å². The summed E-state index contributed by atoms with van der Waals surface area (Å²) in [5, 5.41) is 3.95. The van der Waals surface area contributed by atoms with Crippen LogP contribution in [0.2, 0.25) is 0 Å². The number of piperazine rings is 1. The Labute approximate surface area is 139 Å². The van der Waals surface area contributed by atoms with Gasteiger partial charge < -0.3 is 20.7 Å². The van der Waals surface area contributed by atoms with Crippen molar-refractivity contribution < 1.29 is 14.3 Å². The first-order valence-corrected chi connectivity index (χ1v) is 7.87. The number of ether oxygens (including phenoxy) is 1. The Kier molecular flexibility index (Phi) is 4.61. The van der Waals surface area contributed by atoms with E-state index in [1.165, 1.54) is 6.07 Å². The lowest BCUT2D eigenvalue weighted by atomic mass is 10.1. The zero-order chi connectivity index (χ0) is 17.1. The van der Waals surface area contributed by atoms with Gasteiger partial charge in [-0.05, 0) is 24.6 Å². The monoisotopic (exact) mass is 328 g/mol. The van der Waals surface area contributed by atoms with Gasteiger partial charge in [-0.15, -0.1) is 0 Å². The first-order valence-electron chi connectivity index (χ1n) is 7.87. The quantitative estimate of drug-likeness (QED) is 0.849. The molecule has 1 fully saturated rings. The number of hydrogen-bond donors (Lipinski definition) is 2. The minimum atomic E-state index is -0.628. The molecule has 3 N–H and O–H groups in total. The fourth-order valence-electron chi connectivity index (χ4n) is 2.70. The van der Waals surface area contributed by atoms with Crippen LogP contribution in [0.1, 0.15) is 16.1 Å². The highest BCUT2D eigenvalue weighted by Crippen LogP contribution is 2.26. The molecule has 1 saturated heterocycles. The smallest absolute Gasteiger partial charge is 0.267 e. The van der Waals surface area contributed by atoms with Crippen LogP contribution >= 0.6 is 0 Å². The molecule has 126 valence electrons. The summed E-state index contributed by atoms with van der Waals surface area (Å²) < 4.78 is 5.71. The van der Waals surface area contributed by atoms with Crippen LogP contribution in [-0.2, 0) is 4.79 Å². The Morgan fingerprint density at radius 2 is 2.04 bits per heavy atom. The molecule has 0 unspecified atom stereocenters. The number of rotatable bonds is 4. The molecule has 1 aliphatic rings. The number of pyridine rings is 1.